The second-order valence-electron chi connectivity index (χ2n) is 6.18. The lowest BCUT2D eigenvalue weighted by atomic mass is 9.81. The van der Waals surface area contributed by atoms with Crippen molar-refractivity contribution >= 4 is 17.7 Å². The van der Waals surface area contributed by atoms with Gasteiger partial charge in [0.1, 0.15) is 17.7 Å². The van der Waals surface area contributed by atoms with Gasteiger partial charge in [0.25, 0.3) is 0 Å². The molecule has 2 amide bonds. The smallest absolute Gasteiger partial charge is 0.322 e. The Balaban J connectivity index is 1.67. The molecule has 3 rings (SSSR count). The molecule has 0 bridgehead atoms. The van der Waals surface area contributed by atoms with Crippen LogP contribution in [0.5, 0.6) is 5.88 Å². The van der Waals surface area contributed by atoms with Gasteiger partial charge in [0.15, 0.2) is 0 Å². The zero-order chi connectivity index (χ0) is 17.9. The van der Waals surface area contributed by atoms with Gasteiger partial charge in [-0.2, -0.15) is 0 Å². The SMILES string of the molecule is COCCOc1ncccc1NC(=O)N1C[C@@H]2COC[C@]2(C(=O)O)C1. The largest absolute Gasteiger partial charge is 0.481 e. The van der Waals surface area contributed by atoms with Crippen LogP contribution in [0.3, 0.4) is 0 Å². The average Bonchev–Trinajstić information content (AvgIpc) is 3.15. The normalized spacial score (nSPS) is 24.8. The zero-order valence-electron chi connectivity index (χ0n) is 13.9. The first-order chi connectivity index (χ1) is 12.1. The molecule has 3 heterocycles. The molecular weight excluding hydrogens is 330 g/mol. The number of urea groups is 1. The molecule has 1 aromatic heterocycles. The number of ether oxygens (including phenoxy) is 3. The number of rotatable bonds is 6. The van der Waals surface area contributed by atoms with Gasteiger partial charge in [-0.15, -0.1) is 0 Å². The monoisotopic (exact) mass is 351 g/mol. The van der Waals surface area contributed by atoms with Crippen LogP contribution in [0.2, 0.25) is 0 Å². The quantitative estimate of drug-likeness (QED) is 0.725. The topological polar surface area (TPSA) is 110 Å². The molecule has 9 heteroatoms. The van der Waals surface area contributed by atoms with E-state index in [1.54, 1.807) is 25.4 Å². The predicted octanol–water partition coefficient (Wildman–Crippen LogP) is 0.672. The van der Waals surface area contributed by atoms with Crippen LogP contribution in [0.1, 0.15) is 0 Å². The fourth-order valence-electron chi connectivity index (χ4n) is 3.21. The summed E-state index contributed by atoms with van der Waals surface area (Å²) in [6.45, 7) is 1.67. The van der Waals surface area contributed by atoms with Gasteiger partial charge in [0.2, 0.25) is 5.88 Å². The molecule has 0 spiro atoms. The number of likely N-dealkylation sites (tertiary alicyclic amines) is 1. The highest BCUT2D eigenvalue weighted by molar-refractivity contribution is 5.91. The summed E-state index contributed by atoms with van der Waals surface area (Å²) in [4.78, 5) is 29.8. The Bertz CT molecular complexity index is 655. The molecule has 1 aromatic rings. The summed E-state index contributed by atoms with van der Waals surface area (Å²) in [5.74, 6) is -0.819. The molecule has 2 fully saturated rings. The lowest BCUT2D eigenvalue weighted by molar-refractivity contribution is -0.149. The van der Waals surface area contributed by atoms with Crippen molar-refractivity contribution in [3.8, 4) is 5.88 Å². The highest BCUT2D eigenvalue weighted by atomic mass is 16.5. The van der Waals surface area contributed by atoms with E-state index in [-0.39, 0.29) is 25.1 Å². The number of anilines is 1. The van der Waals surface area contributed by atoms with Crippen molar-refractivity contribution in [2.75, 3.05) is 51.9 Å². The summed E-state index contributed by atoms with van der Waals surface area (Å²) >= 11 is 0. The third kappa shape index (κ3) is 3.38. The number of carboxylic acid groups (broad SMARTS) is 1. The number of hydrogen-bond donors (Lipinski definition) is 2. The van der Waals surface area contributed by atoms with Crippen LogP contribution in [0, 0.1) is 11.3 Å². The lowest BCUT2D eigenvalue weighted by Crippen LogP contribution is -2.41. The highest BCUT2D eigenvalue weighted by Crippen LogP contribution is 2.41. The van der Waals surface area contributed by atoms with Crippen LogP contribution in [-0.2, 0) is 14.3 Å². The zero-order valence-corrected chi connectivity index (χ0v) is 13.9. The maximum Gasteiger partial charge on any atom is 0.322 e. The first-order valence-corrected chi connectivity index (χ1v) is 8.00. The number of carboxylic acids is 1. The van der Waals surface area contributed by atoms with Crippen LogP contribution in [0.25, 0.3) is 0 Å². The molecule has 0 aromatic carbocycles. The van der Waals surface area contributed by atoms with Crippen LogP contribution >= 0.6 is 0 Å². The Kier molecular flexibility index (Phi) is 5.05. The number of hydrogen-bond acceptors (Lipinski definition) is 6. The Morgan fingerprint density at radius 3 is 3.08 bits per heavy atom. The van der Waals surface area contributed by atoms with Crippen molar-refractivity contribution in [3.63, 3.8) is 0 Å². The summed E-state index contributed by atoms with van der Waals surface area (Å²) in [5, 5.41) is 12.3. The van der Waals surface area contributed by atoms with Gasteiger partial charge in [0, 0.05) is 32.3 Å². The third-order valence-electron chi connectivity index (χ3n) is 4.63. The summed E-state index contributed by atoms with van der Waals surface area (Å²) in [7, 11) is 1.57. The summed E-state index contributed by atoms with van der Waals surface area (Å²) in [6, 6.07) is 2.99. The van der Waals surface area contributed by atoms with Crippen LogP contribution in [-0.4, -0.2) is 73.6 Å². The fraction of sp³-hybridized carbons (Fsp3) is 0.562. The van der Waals surface area contributed by atoms with E-state index < -0.39 is 11.4 Å². The average molecular weight is 351 g/mol. The number of nitrogens with one attached hydrogen (secondary N) is 1. The van der Waals surface area contributed by atoms with Crippen molar-refractivity contribution in [1.82, 2.24) is 9.88 Å². The molecule has 9 nitrogen and oxygen atoms in total. The van der Waals surface area contributed by atoms with Crippen molar-refractivity contribution < 1.29 is 28.9 Å². The number of methoxy groups -OCH3 is 1. The van der Waals surface area contributed by atoms with Gasteiger partial charge >= 0.3 is 12.0 Å². The first-order valence-electron chi connectivity index (χ1n) is 8.00. The molecule has 0 radical (unpaired) electrons. The van der Waals surface area contributed by atoms with Crippen LogP contribution < -0.4 is 10.1 Å². The van der Waals surface area contributed by atoms with Crippen LogP contribution in [0.15, 0.2) is 18.3 Å². The minimum Gasteiger partial charge on any atom is -0.481 e. The van der Waals surface area contributed by atoms with Gasteiger partial charge in [-0.1, -0.05) is 0 Å². The predicted molar refractivity (Wildman–Crippen MR) is 86.6 cm³/mol. The van der Waals surface area contributed by atoms with Gasteiger partial charge in [-0.05, 0) is 12.1 Å². The Hall–Kier alpha value is -2.39. The number of aromatic nitrogens is 1. The van der Waals surface area contributed by atoms with E-state index in [0.717, 1.165) is 0 Å². The molecule has 25 heavy (non-hydrogen) atoms. The number of aliphatic carboxylic acids is 1. The molecule has 2 N–H and O–H groups in total. The van der Waals surface area contributed by atoms with Gasteiger partial charge in [-0.3, -0.25) is 4.79 Å². The van der Waals surface area contributed by atoms with E-state index in [4.69, 9.17) is 14.2 Å². The van der Waals surface area contributed by atoms with Crippen molar-refractivity contribution in [3.05, 3.63) is 18.3 Å². The van der Waals surface area contributed by atoms with Crippen molar-refractivity contribution in [2.24, 2.45) is 11.3 Å². The molecular formula is C16H21N3O6. The van der Waals surface area contributed by atoms with Gasteiger partial charge in [0.05, 0.1) is 19.8 Å². The Labute approximate surface area is 144 Å². The molecule has 0 unspecified atom stereocenters. The Morgan fingerprint density at radius 1 is 1.52 bits per heavy atom. The first kappa shape index (κ1) is 17.4. The molecule has 0 saturated carbocycles. The van der Waals surface area contributed by atoms with E-state index in [1.165, 1.54) is 4.90 Å². The fourth-order valence-corrected chi connectivity index (χ4v) is 3.21. The lowest BCUT2D eigenvalue weighted by Gasteiger charge is -2.22. The van der Waals surface area contributed by atoms with Crippen molar-refractivity contribution in [1.29, 1.82) is 0 Å². The summed E-state index contributed by atoms with van der Waals surface area (Å²) in [6.07, 6.45) is 1.56. The maximum atomic E-state index is 12.6. The van der Waals surface area contributed by atoms with E-state index in [1.807, 2.05) is 0 Å². The highest BCUT2D eigenvalue weighted by Gasteiger charge is 2.57. The molecule has 2 saturated heterocycles. The molecule has 2 aliphatic rings. The molecule has 2 atom stereocenters. The standard InChI is InChI=1S/C16H21N3O6/c1-23-5-6-25-13-12(3-2-4-17-13)18-15(22)19-7-11-8-24-10-16(11,9-19)14(20)21/h2-4,11H,5-10H2,1H3,(H,18,22)(H,20,21)/t11-,16-/m1/s1. The van der Waals surface area contributed by atoms with E-state index in [9.17, 15) is 14.7 Å². The Morgan fingerprint density at radius 2 is 2.36 bits per heavy atom. The number of carbonyl (C=O) groups excluding carboxylic acids is 1. The van der Waals surface area contributed by atoms with E-state index >= 15 is 0 Å². The molecule has 136 valence electrons. The number of carbonyl (C=O) groups is 2. The number of nitrogens with zero attached hydrogens (tertiary/aromatic N) is 2. The van der Waals surface area contributed by atoms with Gasteiger partial charge in [-0.25, -0.2) is 9.78 Å². The number of amides is 2. The minimum atomic E-state index is -1.01. The third-order valence-corrected chi connectivity index (χ3v) is 4.63. The van der Waals surface area contributed by atoms with Gasteiger partial charge < -0.3 is 29.5 Å². The summed E-state index contributed by atoms with van der Waals surface area (Å²) in [5.41, 5.74) is -0.578. The number of fused-ring (bicyclic) bond motifs is 1. The minimum absolute atomic E-state index is 0.124. The van der Waals surface area contributed by atoms with Crippen molar-refractivity contribution in [2.45, 2.75) is 0 Å². The van der Waals surface area contributed by atoms with E-state index in [2.05, 4.69) is 10.3 Å². The molecule has 0 aliphatic carbocycles. The summed E-state index contributed by atoms with van der Waals surface area (Å²) < 4.78 is 15.7. The number of pyridine rings is 1. The second kappa shape index (κ2) is 7.24. The second-order valence-corrected chi connectivity index (χ2v) is 6.18. The maximum absolute atomic E-state index is 12.6. The van der Waals surface area contributed by atoms with E-state index in [0.29, 0.717) is 37.9 Å². The molecule has 2 aliphatic heterocycles. The van der Waals surface area contributed by atoms with Crippen LogP contribution in [0.4, 0.5) is 10.5 Å².